The monoisotopic (exact) mass is 307 g/mol. The van der Waals surface area contributed by atoms with Crippen LogP contribution in [0.15, 0.2) is 30.5 Å². The fraction of sp³-hybridized carbons (Fsp3) is 0.200. The molecule has 1 heterocycles. The fourth-order valence-electron chi connectivity index (χ4n) is 1.86. The highest BCUT2D eigenvalue weighted by molar-refractivity contribution is 6.34. The van der Waals surface area contributed by atoms with Crippen molar-refractivity contribution in [2.75, 3.05) is 17.2 Å². The molecular formula is C15H15ClFN3O. The van der Waals surface area contributed by atoms with Crippen molar-refractivity contribution in [3.63, 3.8) is 0 Å². The second-order valence-electron chi connectivity index (χ2n) is 4.47. The highest BCUT2D eigenvalue weighted by atomic mass is 35.5. The number of aryl methyl sites for hydroxylation is 1. The summed E-state index contributed by atoms with van der Waals surface area (Å²) >= 11 is 5.99. The molecule has 0 atom stereocenters. The Morgan fingerprint density at radius 3 is 2.86 bits per heavy atom. The lowest BCUT2D eigenvalue weighted by molar-refractivity contribution is 0.102. The molecule has 0 aliphatic heterocycles. The van der Waals surface area contributed by atoms with Crippen LogP contribution in [0, 0.1) is 12.7 Å². The largest absolute Gasteiger partial charge is 0.370 e. The molecule has 1 aromatic carbocycles. The van der Waals surface area contributed by atoms with Crippen LogP contribution in [-0.2, 0) is 0 Å². The maximum Gasteiger partial charge on any atom is 0.257 e. The number of benzene rings is 1. The molecule has 0 saturated carbocycles. The fourth-order valence-corrected chi connectivity index (χ4v) is 2.05. The number of anilines is 2. The summed E-state index contributed by atoms with van der Waals surface area (Å²) in [6.07, 6.45) is 1.39. The van der Waals surface area contributed by atoms with Gasteiger partial charge in [0.05, 0.1) is 16.3 Å². The molecule has 1 aromatic heterocycles. The molecule has 0 unspecified atom stereocenters. The van der Waals surface area contributed by atoms with E-state index < -0.39 is 11.7 Å². The predicted octanol–water partition coefficient (Wildman–Crippen LogP) is 3.87. The van der Waals surface area contributed by atoms with Crippen molar-refractivity contribution < 1.29 is 9.18 Å². The number of hydrogen-bond donors (Lipinski definition) is 2. The van der Waals surface area contributed by atoms with Gasteiger partial charge in [-0.25, -0.2) is 9.37 Å². The van der Waals surface area contributed by atoms with Crippen LogP contribution in [0.3, 0.4) is 0 Å². The van der Waals surface area contributed by atoms with Gasteiger partial charge in [-0.1, -0.05) is 23.7 Å². The van der Waals surface area contributed by atoms with E-state index in [1.54, 1.807) is 19.1 Å². The molecule has 0 aliphatic rings. The summed E-state index contributed by atoms with van der Waals surface area (Å²) < 4.78 is 13.8. The maximum absolute atomic E-state index is 13.8. The molecule has 0 spiro atoms. The van der Waals surface area contributed by atoms with Gasteiger partial charge >= 0.3 is 0 Å². The standard InChI is InChI=1S/C15H15ClFN3O/c1-3-18-13-7-10(11(16)8-19-13)15(21)20-14-9(2)5-4-6-12(14)17/h4-8H,3H2,1-2H3,(H,18,19)(H,20,21). The highest BCUT2D eigenvalue weighted by Gasteiger charge is 2.15. The van der Waals surface area contributed by atoms with Gasteiger partial charge in [-0.3, -0.25) is 4.79 Å². The van der Waals surface area contributed by atoms with Gasteiger partial charge < -0.3 is 10.6 Å². The van der Waals surface area contributed by atoms with Crippen LogP contribution in [0.1, 0.15) is 22.8 Å². The second-order valence-corrected chi connectivity index (χ2v) is 4.87. The second kappa shape index (κ2) is 6.54. The molecule has 2 N–H and O–H groups in total. The molecule has 1 amide bonds. The Bertz CT molecular complexity index is 656. The normalized spacial score (nSPS) is 10.3. The number of pyridine rings is 1. The number of hydrogen-bond acceptors (Lipinski definition) is 3. The van der Waals surface area contributed by atoms with Gasteiger partial charge in [0.1, 0.15) is 11.6 Å². The van der Waals surface area contributed by atoms with Gasteiger partial charge in [-0.2, -0.15) is 0 Å². The number of carbonyl (C=O) groups is 1. The quantitative estimate of drug-likeness (QED) is 0.901. The van der Waals surface area contributed by atoms with Gasteiger partial charge in [-0.15, -0.1) is 0 Å². The third-order valence-corrected chi connectivity index (χ3v) is 3.22. The Morgan fingerprint density at radius 2 is 2.19 bits per heavy atom. The van der Waals surface area contributed by atoms with Gasteiger partial charge in [0.15, 0.2) is 0 Å². The van der Waals surface area contributed by atoms with E-state index in [0.717, 1.165) is 0 Å². The summed E-state index contributed by atoms with van der Waals surface area (Å²) in [5.41, 5.74) is 1.03. The van der Waals surface area contributed by atoms with Crippen molar-refractivity contribution in [2.24, 2.45) is 0 Å². The molecule has 0 fully saturated rings. The zero-order valence-electron chi connectivity index (χ0n) is 11.7. The molecule has 0 saturated heterocycles. The molecule has 2 rings (SSSR count). The molecule has 0 aliphatic carbocycles. The van der Waals surface area contributed by atoms with Crippen molar-refractivity contribution in [1.82, 2.24) is 4.98 Å². The average Bonchev–Trinajstić information content (AvgIpc) is 2.45. The van der Waals surface area contributed by atoms with Crippen LogP contribution >= 0.6 is 11.6 Å². The molecular weight excluding hydrogens is 293 g/mol. The summed E-state index contributed by atoms with van der Waals surface area (Å²) in [6, 6.07) is 6.14. The molecule has 0 radical (unpaired) electrons. The summed E-state index contributed by atoms with van der Waals surface area (Å²) in [7, 11) is 0. The van der Waals surface area contributed by atoms with Gasteiger partial charge in [-0.05, 0) is 31.5 Å². The zero-order chi connectivity index (χ0) is 15.4. The summed E-state index contributed by atoms with van der Waals surface area (Å²) in [5.74, 6) is -0.424. The number of rotatable bonds is 4. The van der Waals surface area contributed by atoms with Crippen molar-refractivity contribution in [1.29, 1.82) is 0 Å². The van der Waals surface area contributed by atoms with Gasteiger partial charge in [0.2, 0.25) is 0 Å². The van der Waals surface area contributed by atoms with Crippen LogP contribution in [0.5, 0.6) is 0 Å². The number of para-hydroxylation sites is 1. The van der Waals surface area contributed by atoms with Crippen LogP contribution in [0.4, 0.5) is 15.9 Å². The van der Waals surface area contributed by atoms with E-state index in [2.05, 4.69) is 15.6 Å². The molecule has 2 aromatic rings. The SMILES string of the molecule is CCNc1cc(C(=O)Nc2c(C)cccc2F)c(Cl)cn1. The van der Waals surface area contributed by atoms with Gasteiger partial charge in [0, 0.05) is 12.7 Å². The lowest BCUT2D eigenvalue weighted by atomic mass is 10.1. The number of nitrogens with one attached hydrogen (secondary N) is 2. The minimum atomic E-state index is -0.486. The number of aromatic nitrogens is 1. The number of amides is 1. The Hall–Kier alpha value is -2.14. The van der Waals surface area contributed by atoms with Crippen molar-refractivity contribution in [3.05, 3.63) is 52.4 Å². The third-order valence-electron chi connectivity index (χ3n) is 2.92. The first kappa shape index (κ1) is 15.3. The minimum Gasteiger partial charge on any atom is -0.370 e. The van der Waals surface area contributed by atoms with Crippen molar-refractivity contribution in [3.8, 4) is 0 Å². The van der Waals surface area contributed by atoms with E-state index in [9.17, 15) is 9.18 Å². The van der Waals surface area contributed by atoms with E-state index in [-0.39, 0.29) is 16.3 Å². The third kappa shape index (κ3) is 3.49. The van der Waals surface area contributed by atoms with Crippen molar-refractivity contribution >= 4 is 29.0 Å². The van der Waals surface area contributed by atoms with E-state index in [1.165, 1.54) is 18.3 Å². The first-order valence-corrected chi connectivity index (χ1v) is 6.86. The number of nitrogens with zero attached hydrogens (tertiary/aromatic N) is 1. The molecule has 21 heavy (non-hydrogen) atoms. The van der Waals surface area contributed by atoms with Crippen LogP contribution in [0.2, 0.25) is 5.02 Å². The molecule has 110 valence electrons. The van der Waals surface area contributed by atoms with Gasteiger partial charge in [0.25, 0.3) is 5.91 Å². The lowest BCUT2D eigenvalue weighted by Crippen LogP contribution is -2.15. The van der Waals surface area contributed by atoms with E-state index in [0.29, 0.717) is 17.9 Å². The maximum atomic E-state index is 13.8. The number of carbonyl (C=O) groups excluding carboxylic acids is 1. The highest BCUT2D eigenvalue weighted by Crippen LogP contribution is 2.23. The lowest BCUT2D eigenvalue weighted by Gasteiger charge is -2.11. The Labute approximate surface area is 127 Å². The average molecular weight is 308 g/mol. The number of halogens is 2. The van der Waals surface area contributed by atoms with Crippen LogP contribution in [0.25, 0.3) is 0 Å². The summed E-state index contributed by atoms with van der Waals surface area (Å²) in [6.45, 7) is 4.30. The smallest absolute Gasteiger partial charge is 0.257 e. The summed E-state index contributed by atoms with van der Waals surface area (Å²) in [4.78, 5) is 16.3. The molecule has 0 bridgehead atoms. The molecule has 4 nitrogen and oxygen atoms in total. The molecule has 6 heteroatoms. The zero-order valence-corrected chi connectivity index (χ0v) is 12.5. The predicted molar refractivity (Wildman–Crippen MR) is 82.5 cm³/mol. The first-order chi connectivity index (χ1) is 10.0. The van der Waals surface area contributed by atoms with Crippen LogP contribution in [-0.4, -0.2) is 17.4 Å². The minimum absolute atomic E-state index is 0.153. The Kier molecular flexibility index (Phi) is 4.75. The first-order valence-electron chi connectivity index (χ1n) is 6.48. The Balaban J connectivity index is 2.30. The van der Waals surface area contributed by atoms with E-state index in [1.807, 2.05) is 6.92 Å². The van der Waals surface area contributed by atoms with Crippen molar-refractivity contribution in [2.45, 2.75) is 13.8 Å². The van der Waals surface area contributed by atoms with Crippen LogP contribution < -0.4 is 10.6 Å². The summed E-state index contributed by atoms with van der Waals surface area (Å²) in [5, 5.41) is 5.76. The van der Waals surface area contributed by atoms with E-state index >= 15 is 0 Å². The topological polar surface area (TPSA) is 54.0 Å². The van der Waals surface area contributed by atoms with E-state index in [4.69, 9.17) is 11.6 Å². The Morgan fingerprint density at radius 1 is 1.43 bits per heavy atom.